The van der Waals surface area contributed by atoms with Gasteiger partial charge in [0.1, 0.15) is 6.10 Å². The number of para-hydroxylation sites is 2. The highest BCUT2D eigenvalue weighted by Crippen LogP contribution is 2.30. The van der Waals surface area contributed by atoms with Crippen LogP contribution in [0.25, 0.3) is 0 Å². The van der Waals surface area contributed by atoms with Gasteiger partial charge in [0.05, 0.1) is 5.69 Å². The first kappa shape index (κ1) is 18.4. The van der Waals surface area contributed by atoms with Crippen LogP contribution in [0.3, 0.4) is 0 Å². The highest BCUT2D eigenvalue weighted by atomic mass is 32.2. The molecule has 1 fully saturated rings. The lowest BCUT2D eigenvalue weighted by Gasteiger charge is -2.14. The van der Waals surface area contributed by atoms with E-state index >= 15 is 0 Å². The van der Waals surface area contributed by atoms with E-state index in [1.807, 2.05) is 0 Å². The molecule has 2 heterocycles. The Balaban J connectivity index is 1.72. The molecule has 1 aliphatic rings. The third-order valence-corrected chi connectivity index (χ3v) is 4.67. The Bertz CT molecular complexity index is 780. The molecule has 1 saturated heterocycles. The summed E-state index contributed by atoms with van der Waals surface area (Å²) in [4.78, 5) is 16.5. The monoisotopic (exact) mass is 384 g/mol. The van der Waals surface area contributed by atoms with Gasteiger partial charge in [-0.15, -0.1) is 13.2 Å². The summed E-state index contributed by atoms with van der Waals surface area (Å²) in [5.41, 5.74) is 0.142. The van der Waals surface area contributed by atoms with Crippen LogP contribution in [0.2, 0.25) is 0 Å². The van der Waals surface area contributed by atoms with E-state index in [4.69, 9.17) is 4.74 Å². The van der Waals surface area contributed by atoms with Crippen LogP contribution in [0.1, 0.15) is 16.8 Å². The first-order chi connectivity index (χ1) is 12.4. The zero-order valence-corrected chi connectivity index (χ0v) is 14.3. The van der Waals surface area contributed by atoms with Crippen LogP contribution in [-0.2, 0) is 0 Å². The second kappa shape index (κ2) is 7.86. The van der Waals surface area contributed by atoms with Crippen molar-refractivity contribution in [3.05, 3.63) is 48.2 Å². The molecule has 1 aromatic heterocycles. The van der Waals surface area contributed by atoms with Gasteiger partial charge in [0.25, 0.3) is 5.91 Å². The SMILES string of the molecule is O=C(Nc1ccccc1OC(F)(F)F)c1ccnc(O[C@H]2CCSC2)c1. The lowest BCUT2D eigenvalue weighted by molar-refractivity contribution is -0.274. The molecule has 0 bridgehead atoms. The van der Waals surface area contributed by atoms with Crippen molar-refractivity contribution >= 4 is 23.4 Å². The minimum Gasteiger partial charge on any atom is -0.473 e. The number of nitrogens with one attached hydrogen (secondary N) is 1. The molecule has 0 spiro atoms. The summed E-state index contributed by atoms with van der Waals surface area (Å²) in [6.45, 7) is 0. The van der Waals surface area contributed by atoms with E-state index in [1.54, 1.807) is 11.8 Å². The average Bonchev–Trinajstić information content (AvgIpc) is 3.08. The average molecular weight is 384 g/mol. The Kier molecular flexibility index (Phi) is 5.55. The molecular formula is C17H15F3N2O3S. The third-order valence-electron chi connectivity index (χ3n) is 3.53. The number of amides is 1. The fourth-order valence-corrected chi connectivity index (χ4v) is 3.46. The fraction of sp³-hybridized carbons (Fsp3) is 0.294. The van der Waals surface area contributed by atoms with E-state index in [0.29, 0.717) is 5.88 Å². The summed E-state index contributed by atoms with van der Waals surface area (Å²) in [5.74, 6) is 1.12. The van der Waals surface area contributed by atoms with Gasteiger partial charge in [-0.2, -0.15) is 11.8 Å². The highest BCUT2D eigenvalue weighted by molar-refractivity contribution is 7.99. The van der Waals surface area contributed by atoms with Crippen LogP contribution in [0, 0.1) is 0 Å². The predicted octanol–water partition coefficient (Wildman–Crippen LogP) is 4.12. The Labute approximate surface area is 151 Å². The number of thioether (sulfide) groups is 1. The van der Waals surface area contributed by atoms with Crippen molar-refractivity contribution in [3.63, 3.8) is 0 Å². The van der Waals surface area contributed by atoms with E-state index in [2.05, 4.69) is 15.0 Å². The van der Waals surface area contributed by atoms with E-state index in [1.165, 1.54) is 36.5 Å². The summed E-state index contributed by atoms with van der Waals surface area (Å²) in [5, 5.41) is 2.42. The highest BCUT2D eigenvalue weighted by Gasteiger charge is 2.32. The standard InChI is InChI=1S/C17H15F3N2O3S/c18-17(19,20)25-14-4-2-1-3-13(14)22-16(23)11-5-7-21-15(9-11)24-12-6-8-26-10-12/h1-5,7,9,12H,6,8,10H2,(H,22,23)/t12-/m0/s1. The molecule has 1 aromatic carbocycles. The molecule has 1 atom stereocenters. The van der Waals surface area contributed by atoms with Gasteiger partial charge in [-0.05, 0) is 30.4 Å². The minimum absolute atomic E-state index is 0.0479. The largest absolute Gasteiger partial charge is 0.573 e. The Morgan fingerprint density at radius 3 is 2.81 bits per heavy atom. The maximum atomic E-state index is 12.5. The molecule has 2 aromatic rings. The topological polar surface area (TPSA) is 60.5 Å². The number of carbonyl (C=O) groups is 1. The van der Waals surface area contributed by atoms with Crippen LogP contribution in [0.15, 0.2) is 42.6 Å². The number of carbonyl (C=O) groups excluding carboxylic acids is 1. The maximum Gasteiger partial charge on any atom is 0.573 e. The van der Waals surface area contributed by atoms with Gasteiger partial charge in [0.2, 0.25) is 5.88 Å². The van der Waals surface area contributed by atoms with Crippen molar-refractivity contribution in [2.75, 3.05) is 16.8 Å². The summed E-state index contributed by atoms with van der Waals surface area (Å²) < 4.78 is 47.0. The van der Waals surface area contributed by atoms with Gasteiger partial charge in [0.15, 0.2) is 5.75 Å². The van der Waals surface area contributed by atoms with Crippen LogP contribution in [-0.4, -0.2) is 34.9 Å². The van der Waals surface area contributed by atoms with Gasteiger partial charge >= 0.3 is 6.36 Å². The van der Waals surface area contributed by atoms with E-state index in [-0.39, 0.29) is 17.4 Å². The smallest absolute Gasteiger partial charge is 0.473 e. The number of nitrogens with zero attached hydrogens (tertiary/aromatic N) is 1. The number of pyridine rings is 1. The van der Waals surface area contributed by atoms with Gasteiger partial charge in [-0.1, -0.05) is 12.1 Å². The van der Waals surface area contributed by atoms with Crippen LogP contribution >= 0.6 is 11.8 Å². The van der Waals surface area contributed by atoms with Gasteiger partial charge in [-0.3, -0.25) is 4.79 Å². The second-order valence-electron chi connectivity index (χ2n) is 5.48. The number of anilines is 1. The zero-order valence-electron chi connectivity index (χ0n) is 13.5. The van der Waals surface area contributed by atoms with Gasteiger partial charge in [-0.25, -0.2) is 4.98 Å². The molecular weight excluding hydrogens is 369 g/mol. The quantitative estimate of drug-likeness (QED) is 0.841. The van der Waals surface area contributed by atoms with E-state index < -0.39 is 18.0 Å². The summed E-state index contributed by atoms with van der Waals surface area (Å²) in [7, 11) is 0. The molecule has 138 valence electrons. The molecule has 1 N–H and O–H groups in total. The minimum atomic E-state index is -4.85. The number of hydrogen-bond acceptors (Lipinski definition) is 5. The number of alkyl halides is 3. The lowest BCUT2D eigenvalue weighted by atomic mass is 10.2. The Hall–Kier alpha value is -2.42. The van der Waals surface area contributed by atoms with Crippen molar-refractivity contribution < 1.29 is 27.4 Å². The van der Waals surface area contributed by atoms with Crippen molar-refractivity contribution in [1.82, 2.24) is 4.98 Å². The molecule has 3 rings (SSSR count). The van der Waals surface area contributed by atoms with Gasteiger partial charge < -0.3 is 14.8 Å². The predicted molar refractivity (Wildman–Crippen MR) is 91.7 cm³/mol. The van der Waals surface area contributed by atoms with Crippen molar-refractivity contribution in [2.24, 2.45) is 0 Å². The number of halogens is 3. The molecule has 9 heteroatoms. The fourth-order valence-electron chi connectivity index (χ4n) is 2.37. The number of benzene rings is 1. The van der Waals surface area contributed by atoms with E-state index in [0.717, 1.165) is 24.0 Å². The van der Waals surface area contributed by atoms with E-state index in [9.17, 15) is 18.0 Å². The lowest BCUT2D eigenvalue weighted by Crippen LogP contribution is -2.20. The number of ether oxygens (including phenoxy) is 2. The molecule has 0 unspecified atom stereocenters. The molecule has 5 nitrogen and oxygen atoms in total. The summed E-state index contributed by atoms with van der Waals surface area (Å²) in [6, 6.07) is 8.26. The molecule has 0 radical (unpaired) electrons. The number of aromatic nitrogens is 1. The van der Waals surface area contributed by atoms with Crippen LogP contribution < -0.4 is 14.8 Å². The van der Waals surface area contributed by atoms with Crippen LogP contribution in [0.5, 0.6) is 11.6 Å². The number of rotatable bonds is 5. The van der Waals surface area contributed by atoms with Crippen LogP contribution in [0.4, 0.5) is 18.9 Å². The second-order valence-corrected chi connectivity index (χ2v) is 6.63. The first-order valence-corrected chi connectivity index (χ1v) is 8.93. The van der Waals surface area contributed by atoms with Crippen molar-refractivity contribution in [2.45, 2.75) is 18.9 Å². The third kappa shape index (κ3) is 5.04. The molecule has 0 saturated carbocycles. The Morgan fingerprint density at radius 2 is 2.08 bits per heavy atom. The summed E-state index contributed by atoms with van der Waals surface area (Å²) >= 11 is 1.78. The van der Waals surface area contributed by atoms with Crippen molar-refractivity contribution in [1.29, 1.82) is 0 Å². The maximum absolute atomic E-state index is 12.5. The van der Waals surface area contributed by atoms with Gasteiger partial charge in [0, 0.05) is 23.6 Å². The molecule has 1 aliphatic heterocycles. The summed E-state index contributed by atoms with van der Waals surface area (Å²) in [6.07, 6.45) is -2.47. The first-order valence-electron chi connectivity index (χ1n) is 7.77. The molecule has 26 heavy (non-hydrogen) atoms. The molecule has 1 amide bonds. The zero-order chi connectivity index (χ0) is 18.6. The molecule has 0 aliphatic carbocycles. The normalized spacial score (nSPS) is 17.0. The Morgan fingerprint density at radius 1 is 1.27 bits per heavy atom. The number of hydrogen-bond donors (Lipinski definition) is 1. The van der Waals surface area contributed by atoms with Crippen molar-refractivity contribution in [3.8, 4) is 11.6 Å².